The predicted octanol–water partition coefficient (Wildman–Crippen LogP) is 0.233. The first-order valence-corrected chi connectivity index (χ1v) is 4.15. The average Bonchev–Trinajstić information content (AvgIpc) is 2.52. The predicted molar refractivity (Wildman–Crippen MR) is 46.8 cm³/mol. The van der Waals surface area contributed by atoms with Gasteiger partial charge in [0.05, 0.1) is 12.7 Å². The highest BCUT2D eigenvalue weighted by atomic mass is 19.1. The van der Waals surface area contributed by atoms with Gasteiger partial charge < -0.3 is 10.8 Å². The van der Waals surface area contributed by atoms with Crippen molar-refractivity contribution >= 4 is 0 Å². The van der Waals surface area contributed by atoms with Crippen LogP contribution in [0, 0.1) is 0 Å². The molecule has 1 aromatic rings. The van der Waals surface area contributed by atoms with Crippen molar-refractivity contribution < 1.29 is 9.50 Å². The second-order valence-electron chi connectivity index (χ2n) is 3.09. The number of hydrogen-bond acceptors (Lipinski definition) is 3. The average molecular weight is 187 g/mol. The minimum absolute atomic E-state index is 0.0868. The molecule has 0 aliphatic heterocycles. The lowest BCUT2D eigenvalue weighted by Gasteiger charge is -2.05. The minimum atomic E-state index is -0.985. The molecule has 13 heavy (non-hydrogen) atoms. The van der Waals surface area contributed by atoms with Crippen LogP contribution in [0.3, 0.4) is 0 Å². The normalized spacial score (nSPS) is 15.7. The fraction of sp³-hybridized carbons (Fsp3) is 0.625. The topological polar surface area (TPSA) is 64.1 Å². The quantitative estimate of drug-likeness (QED) is 0.709. The maximum atomic E-state index is 11.9. The molecule has 0 bridgehead atoms. The zero-order valence-electron chi connectivity index (χ0n) is 7.52. The van der Waals surface area contributed by atoms with Crippen molar-refractivity contribution in [3.05, 3.63) is 18.0 Å². The summed E-state index contributed by atoms with van der Waals surface area (Å²) in [5, 5.41) is 12.9. The number of nitrogens with zero attached hydrogens (tertiary/aromatic N) is 2. The minimum Gasteiger partial charge on any atom is -0.388 e. The van der Waals surface area contributed by atoms with Gasteiger partial charge in [0, 0.05) is 17.8 Å². The van der Waals surface area contributed by atoms with E-state index in [0.29, 0.717) is 0 Å². The Hall–Kier alpha value is -0.940. The Kier molecular flexibility index (Phi) is 3.39. The van der Waals surface area contributed by atoms with Crippen molar-refractivity contribution in [3.63, 3.8) is 0 Å². The van der Waals surface area contributed by atoms with Crippen molar-refractivity contribution in [1.82, 2.24) is 9.78 Å². The third-order valence-corrected chi connectivity index (χ3v) is 1.75. The van der Waals surface area contributed by atoms with E-state index in [0.717, 1.165) is 5.56 Å². The molecule has 0 saturated heterocycles. The van der Waals surface area contributed by atoms with Gasteiger partial charge in [0.25, 0.3) is 0 Å². The Bertz CT molecular complexity index is 262. The number of halogens is 1. The maximum absolute atomic E-state index is 11.9. The Balaban J connectivity index is 2.58. The molecule has 0 aliphatic rings. The first kappa shape index (κ1) is 10.1. The largest absolute Gasteiger partial charge is 0.388 e. The van der Waals surface area contributed by atoms with Crippen molar-refractivity contribution in [2.24, 2.45) is 5.73 Å². The Morgan fingerprint density at radius 3 is 2.92 bits per heavy atom. The van der Waals surface area contributed by atoms with Crippen LogP contribution < -0.4 is 5.73 Å². The third-order valence-electron chi connectivity index (χ3n) is 1.75. The lowest BCUT2D eigenvalue weighted by Crippen LogP contribution is -2.18. The van der Waals surface area contributed by atoms with Gasteiger partial charge in [-0.1, -0.05) is 0 Å². The molecule has 74 valence electrons. The molecular formula is C8H14FN3O. The molecule has 1 aromatic heterocycles. The number of rotatable bonds is 4. The van der Waals surface area contributed by atoms with E-state index < -0.39 is 12.8 Å². The highest BCUT2D eigenvalue weighted by Gasteiger charge is 2.07. The van der Waals surface area contributed by atoms with Gasteiger partial charge in [0.2, 0.25) is 0 Å². The summed E-state index contributed by atoms with van der Waals surface area (Å²) >= 11 is 0. The molecule has 5 heteroatoms. The van der Waals surface area contributed by atoms with Crippen molar-refractivity contribution in [1.29, 1.82) is 0 Å². The van der Waals surface area contributed by atoms with Gasteiger partial charge in [-0.2, -0.15) is 5.10 Å². The van der Waals surface area contributed by atoms with Crippen LogP contribution in [0.2, 0.25) is 0 Å². The molecule has 3 N–H and O–H groups in total. The van der Waals surface area contributed by atoms with Gasteiger partial charge in [0.15, 0.2) is 0 Å². The zero-order chi connectivity index (χ0) is 9.84. The monoisotopic (exact) mass is 187 g/mol. The Labute approximate surface area is 76.2 Å². The maximum Gasteiger partial charge on any atom is 0.117 e. The van der Waals surface area contributed by atoms with E-state index in [1.165, 1.54) is 4.68 Å². The van der Waals surface area contributed by atoms with E-state index in [2.05, 4.69) is 5.10 Å². The molecule has 4 nitrogen and oxygen atoms in total. The highest BCUT2D eigenvalue weighted by molar-refractivity contribution is 5.08. The van der Waals surface area contributed by atoms with Gasteiger partial charge in [-0.3, -0.25) is 4.68 Å². The molecule has 0 aromatic carbocycles. The van der Waals surface area contributed by atoms with Crippen LogP contribution in [0.5, 0.6) is 0 Å². The van der Waals surface area contributed by atoms with Crippen LogP contribution >= 0.6 is 0 Å². The molecule has 1 unspecified atom stereocenters. The lowest BCUT2D eigenvalue weighted by molar-refractivity contribution is 0.118. The van der Waals surface area contributed by atoms with Gasteiger partial charge in [-0.05, 0) is 6.92 Å². The van der Waals surface area contributed by atoms with Crippen LogP contribution in [0.15, 0.2) is 12.4 Å². The summed E-state index contributed by atoms with van der Waals surface area (Å²) in [7, 11) is 0. The number of alkyl halides is 1. The van der Waals surface area contributed by atoms with Gasteiger partial charge >= 0.3 is 0 Å². The Morgan fingerprint density at radius 1 is 1.77 bits per heavy atom. The van der Waals surface area contributed by atoms with Gasteiger partial charge in [0.1, 0.15) is 12.8 Å². The highest BCUT2D eigenvalue weighted by Crippen LogP contribution is 2.07. The smallest absolute Gasteiger partial charge is 0.117 e. The second-order valence-corrected chi connectivity index (χ2v) is 3.09. The fourth-order valence-corrected chi connectivity index (χ4v) is 0.979. The first-order chi connectivity index (χ1) is 6.13. The van der Waals surface area contributed by atoms with E-state index >= 15 is 0 Å². The molecule has 0 spiro atoms. The van der Waals surface area contributed by atoms with Crippen LogP contribution in [0.1, 0.15) is 18.5 Å². The van der Waals surface area contributed by atoms with Gasteiger partial charge in [-0.15, -0.1) is 0 Å². The standard InChI is InChI=1S/C8H14FN3O/c1-6(10)7-3-11-12(4-7)5-8(13)2-9/h3-4,6,8,13H,2,5,10H2,1H3/t6-,8?/m1/s1. The molecule has 0 radical (unpaired) electrons. The number of aliphatic hydroxyl groups excluding tert-OH is 1. The van der Waals surface area contributed by atoms with Crippen molar-refractivity contribution in [2.75, 3.05) is 6.67 Å². The summed E-state index contributed by atoms with van der Waals surface area (Å²) in [5.74, 6) is 0. The fourth-order valence-electron chi connectivity index (χ4n) is 0.979. The molecule has 0 aliphatic carbocycles. The van der Waals surface area contributed by atoms with Crippen LogP contribution in [0.4, 0.5) is 4.39 Å². The Morgan fingerprint density at radius 2 is 2.46 bits per heavy atom. The summed E-state index contributed by atoms with van der Waals surface area (Å²) in [6.45, 7) is 1.25. The van der Waals surface area contributed by atoms with Crippen molar-refractivity contribution in [3.8, 4) is 0 Å². The van der Waals surface area contributed by atoms with E-state index in [9.17, 15) is 4.39 Å². The molecule has 0 fully saturated rings. The molecule has 1 rings (SSSR count). The van der Waals surface area contributed by atoms with E-state index in [4.69, 9.17) is 10.8 Å². The van der Waals surface area contributed by atoms with E-state index in [1.54, 1.807) is 12.4 Å². The number of hydrogen-bond donors (Lipinski definition) is 2. The van der Waals surface area contributed by atoms with E-state index in [1.807, 2.05) is 6.92 Å². The summed E-state index contributed by atoms with van der Waals surface area (Å²) in [6.07, 6.45) is 2.35. The SMILES string of the molecule is C[C@@H](N)c1cnn(CC(O)CF)c1. The van der Waals surface area contributed by atoms with Crippen LogP contribution in [-0.4, -0.2) is 27.7 Å². The molecule has 0 saturated carbocycles. The number of nitrogens with two attached hydrogens (primary N) is 1. The molecule has 2 atom stereocenters. The van der Waals surface area contributed by atoms with Crippen molar-refractivity contribution in [2.45, 2.75) is 25.6 Å². The third kappa shape index (κ3) is 2.78. The first-order valence-electron chi connectivity index (χ1n) is 4.15. The number of aliphatic hydroxyl groups is 1. The summed E-state index contributed by atoms with van der Waals surface area (Å²) in [6, 6.07) is -0.0868. The summed E-state index contributed by atoms with van der Waals surface area (Å²) < 4.78 is 13.4. The van der Waals surface area contributed by atoms with Crippen LogP contribution in [-0.2, 0) is 6.54 Å². The lowest BCUT2D eigenvalue weighted by atomic mass is 10.2. The second kappa shape index (κ2) is 4.34. The van der Waals surface area contributed by atoms with Gasteiger partial charge in [-0.25, -0.2) is 4.39 Å². The molecule has 0 amide bonds. The van der Waals surface area contributed by atoms with Crippen LogP contribution in [0.25, 0.3) is 0 Å². The zero-order valence-corrected chi connectivity index (χ0v) is 7.52. The molecule has 1 heterocycles. The number of aromatic nitrogens is 2. The summed E-state index contributed by atoms with van der Waals surface area (Å²) in [4.78, 5) is 0. The summed E-state index contributed by atoms with van der Waals surface area (Å²) in [5.41, 5.74) is 6.48. The van der Waals surface area contributed by atoms with E-state index in [-0.39, 0.29) is 12.6 Å². The molecular weight excluding hydrogens is 173 g/mol.